The molecule has 1 rings (SSSR count). The van der Waals surface area contributed by atoms with E-state index in [0.717, 1.165) is 3.57 Å². The highest BCUT2D eigenvalue weighted by Crippen LogP contribution is 2.23. The number of hydrogen-bond acceptors (Lipinski definition) is 2. The maximum atomic E-state index is 11.6. The van der Waals surface area contributed by atoms with Crippen LogP contribution in [0.5, 0.6) is 0 Å². The zero-order valence-corrected chi connectivity index (χ0v) is 13.8. The van der Waals surface area contributed by atoms with Gasteiger partial charge in [-0.25, -0.2) is 4.79 Å². The Labute approximate surface area is 131 Å². The molecule has 0 radical (unpaired) electrons. The third-order valence-corrected chi connectivity index (χ3v) is 2.90. The summed E-state index contributed by atoms with van der Waals surface area (Å²) in [7, 11) is 0. The normalized spacial score (nSPS) is 10.8. The molecule has 0 bridgehead atoms. The van der Waals surface area contributed by atoms with E-state index in [1.54, 1.807) is 12.1 Å². The topological polar surface area (TPSA) is 77.0 Å². The third-order valence-electron chi connectivity index (χ3n) is 1.92. The van der Waals surface area contributed by atoms with Gasteiger partial charge in [-0.2, -0.15) is 0 Å². The van der Waals surface area contributed by atoms with Crippen LogP contribution in [0.2, 0.25) is 5.02 Å². The minimum Gasteiger partial charge on any atom is -0.333 e. The predicted octanol–water partition coefficient (Wildman–Crippen LogP) is 3.39. The van der Waals surface area contributed by atoms with Crippen LogP contribution in [0, 0.1) is 8.98 Å². The fourth-order valence-electron chi connectivity index (χ4n) is 1.24. The summed E-state index contributed by atoms with van der Waals surface area (Å²) in [5, 5.41) is 16.0. The number of carbonyl (C=O) groups is 1. The van der Waals surface area contributed by atoms with Gasteiger partial charge in [0.2, 0.25) is 5.96 Å². The SMILES string of the molecule is CC(C)(C)NC(=O)NC(=N)Nc1ccc(I)cc1Cl. The van der Waals surface area contributed by atoms with Crippen LogP contribution in [-0.2, 0) is 0 Å². The van der Waals surface area contributed by atoms with Crippen molar-refractivity contribution < 1.29 is 4.79 Å². The van der Waals surface area contributed by atoms with Gasteiger partial charge in [0.1, 0.15) is 0 Å². The van der Waals surface area contributed by atoms with Crippen LogP contribution in [0.25, 0.3) is 0 Å². The van der Waals surface area contributed by atoms with Crippen molar-refractivity contribution in [3.8, 4) is 0 Å². The van der Waals surface area contributed by atoms with Crippen LogP contribution in [0.15, 0.2) is 18.2 Å². The van der Waals surface area contributed by atoms with Crippen LogP contribution in [-0.4, -0.2) is 17.5 Å². The van der Waals surface area contributed by atoms with E-state index in [1.165, 1.54) is 0 Å². The number of benzene rings is 1. The van der Waals surface area contributed by atoms with Crippen molar-refractivity contribution >= 4 is 51.9 Å². The zero-order valence-electron chi connectivity index (χ0n) is 10.9. The summed E-state index contributed by atoms with van der Waals surface area (Å²) in [4.78, 5) is 11.6. The monoisotopic (exact) mass is 394 g/mol. The van der Waals surface area contributed by atoms with Gasteiger partial charge < -0.3 is 10.6 Å². The standard InChI is InChI=1S/C12H16ClIN4O/c1-12(2,3)18-11(19)17-10(15)16-9-5-4-7(14)6-8(9)13/h4-6H,1-3H3,(H4,15,16,17,18,19). The van der Waals surface area contributed by atoms with Crippen molar-refractivity contribution in [1.82, 2.24) is 10.6 Å². The van der Waals surface area contributed by atoms with Gasteiger partial charge in [-0.1, -0.05) is 11.6 Å². The second-order valence-electron chi connectivity index (χ2n) is 4.95. The van der Waals surface area contributed by atoms with Crippen LogP contribution in [0.1, 0.15) is 20.8 Å². The quantitative estimate of drug-likeness (QED) is 0.335. The second kappa shape index (κ2) is 6.42. The number of anilines is 1. The summed E-state index contributed by atoms with van der Waals surface area (Å²) in [6.07, 6.45) is 0. The molecule has 0 atom stereocenters. The molecule has 19 heavy (non-hydrogen) atoms. The lowest BCUT2D eigenvalue weighted by Gasteiger charge is -2.21. The fraction of sp³-hybridized carbons (Fsp3) is 0.333. The van der Waals surface area contributed by atoms with Gasteiger partial charge in [-0.05, 0) is 61.6 Å². The molecule has 7 heteroatoms. The zero-order chi connectivity index (χ0) is 14.6. The van der Waals surface area contributed by atoms with Gasteiger partial charge >= 0.3 is 6.03 Å². The number of amides is 2. The summed E-state index contributed by atoms with van der Waals surface area (Å²) < 4.78 is 0.998. The van der Waals surface area contributed by atoms with Gasteiger partial charge in [0.25, 0.3) is 0 Å². The Morgan fingerprint density at radius 3 is 2.53 bits per heavy atom. The van der Waals surface area contributed by atoms with Crippen LogP contribution in [0.4, 0.5) is 10.5 Å². The van der Waals surface area contributed by atoms with E-state index in [1.807, 2.05) is 26.8 Å². The number of nitrogens with one attached hydrogen (secondary N) is 4. The third kappa shape index (κ3) is 6.11. The average Bonchev–Trinajstić information content (AvgIpc) is 2.19. The van der Waals surface area contributed by atoms with Crippen molar-refractivity contribution in [1.29, 1.82) is 5.41 Å². The Hall–Kier alpha value is -1.02. The molecule has 104 valence electrons. The van der Waals surface area contributed by atoms with E-state index in [4.69, 9.17) is 17.0 Å². The van der Waals surface area contributed by atoms with E-state index in [-0.39, 0.29) is 11.5 Å². The molecule has 1 aromatic rings. The molecule has 0 saturated carbocycles. The fourth-order valence-corrected chi connectivity index (χ4v) is 2.15. The molecule has 0 saturated heterocycles. The van der Waals surface area contributed by atoms with E-state index >= 15 is 0 Å². The minimum absolute atomic E-state index is 0.134. The first-order valence-corrected chi connectivity index (χ1v) is 7.03. The Morgan fingerprint density at radius 2 is 2.00 bits per heavy atom. The highest BCUT2D eigenvalue weighted by atomic mass is 127. The largest absolute Gasteiger partial charge is 0.333 e. The molecule has 0 aliphatic carbocycles. The number of urea groups is 1. The molecular weight excluding hydrogens is 379 g/mol. The lowest BCUT2D eigenvalue weighted by atomic mass is 10.1. The summed E-state index contributed by atoms with van der Waals surface area (Å²) in [6, 6.07) is 4.94. The molecule has 0 unspecified atom stereocenters. The first-order valence-electron chi connectivity index (χ1n) is 5.57. The minimum atomic E-state index is -0.438. The number of halogens is 2. The molecule has 0 aliphatic rings. The number of carbonyl (C=O) groups excluding carboxylic acids is 1. The van der Waals surface area contributed by atoms with Crippen molar-refractivity contribution in [2.45, 2.75) is 26.3 Å². The summed E-state index contributed by atoms with van der Waals surface area (Å²) in [6.45, 7) is 5.58. The first-order chi connectivity index (χ1) is 8.67. The van der Waals surface area contributed by atoms with Crippen molar-refractivity contribution in [2.24, 2.45) is 0 Å². The molecule has 0 aromatic heterocycles. The van der Waals surface area contributed by atoms with Crippen LogP contribution >= 0.6 is 34.2 Å². The molecule has 1 aromatic carbocycles. The smallest absolute Gasteiger partial charge is 0.321 e. The van der Waals surface area contributed by atoms with E-state index in [2.05, 4.69) is 38.5 Å². The van der Waals surface area contributed by atoms with Crippen LogP contribution < -0.4 is 16.0 Å². The Balaban J connectivity index is 2.58. The molecule has 4 N–H and O–H groups in total. The van der Waals surface area contributed by atoms with E-state index in [0.29, 0.717) is 10.7 Å². The number of guanidine groups is 1. The Kier molecular flexibility index (Phi) is 5.42. The lowest BCUT2D eigenvalue weighted by Crippen LogP contribution is -2.49. The molecule has 0 spiro atoms. The number of hydrogen-bond donors (Lipinski definition) is 4. The van der Waals surface area contributed by atoms with Gasteiger partial charge in [0, 0.05) is 9.11 Å². The maximum Gasteiger partial charge on any atom is 0.321 e. The van der Waals surface area contributed by atoms with E-state index < -0.39 is 6.03 Å². The van der Waals surface area contributed by atoms with Gasteiger partial charge in [-0.3, -0.25) is 10.7 Å². The van der Waals surface area contributed by atoms with Crippen molar-refractivity contribution in [3.63, 3.8) is 0 Å². The first kappa shape index (κ1) is 16.0. The molecular formula is C12H16ClIN4O. The second-order valence-corrected chi connectivity index (χ2v) is 6.61. The average molecular weight is 395 g/mol. The highest BCUT2D eigenvalue weighted by molar-refractivity contribution is 14.1. The van der Waals surface area contributed by atoms with Gasteiger partial charge in [-0.15, -0.1) is 0 Å². The summed E-state index contributed by atoms with van der Waals surface area (Å²) in [5.74, 6) is -0.134. The van der Waals surface area contributed by atoms with Crippen LogP contribution in [0.3, 0.4) is 0 Å². The predicted molar refractivity (Wildman–Crippen MR) is 86.9 cm³/mol. The molecule has 2 amide bonds. The van der Waals surface area contributed by atoms with Crippen molar-refractivity contribution in [2.75, 3.05) is 5.32 Å². The highest BCUT2D eigenvalue weighted by Gasteiger charge is 2.14. The summed E-state index contributed by atoms with van der Waals surface area (Å²) in [5.41, 5.74) is 0.216. The van der Waals surface area contributed by atoms with E-state index in [9.17, 15) is 4.79 Å². The molecule has 0 fully saturated rings. The van der Waals surface area contributed by atoms with Gasteiger partial charge in [0.05, 0.1) is 10.7 Å². The number of rotatable bonds is 1. The Morgan fingerprint density at radius 1 is 1.37 bits per heavy atom. The van der Waals surface area contributed by atoms with Gasteiger partial charge in [0.15, 0.2) is 0 Å². The Bertz CT molecular complexity index is 499. The molecule has 0 heterocycles. The summed E-state index contributed by atoms with van der Waals surface area (Å²) >= 11 is 8.17. The lowest BCUT2D eigenvalue weighted by molar-refractivity contribution is 0.236. The van der Waals surface area contributed by atoms with Crippen molar-refractivity contribution in [3.05, 3.63) is 26.8 Å². The molecule has 0 aliphatic heterocycles. The molecule has 5 nitrogen and oxygen atoms in total. The maximum absolute atomic E-state index is 11.6.